The number of ether oxygens (including phenoxy) is 1. The summed E-state index contributed by atoms with van der Waals surface area (Å²) in [5, 5.41) is -0.383. The summed E-state index contributed by atoms with van der Waals surface area (Å²) in [5.74, 6) is 0.290. The van der Waals surface area contributed by atoms with Gasteiger partial charge >= 0.3 is 0 Å². The van der Waals surface area contributed by atoms with Crippen molar-refractivity contribution in [2.75, 3.05) is 19.8 Å². The Morgan fingerprint density at radius 2 is 1.94 bits per heavy atom. The maximum Gasteiger partial charge on any atom is 0.217 e. The Morgan fingerprint density at radius 3 is 2.61 bits per heavy atom. The Balaban J connectivity index is 1.97. The van der Waals surface area contributed by atoms with E-state index < -0.39 is 10.0 Å². The molecule has 1 heterocycles. The molecule has 106 valence electrons. The third kappa shape index (κ3) is 3.44. The van der Waals surface area contributed by atoms with Gasteiger partial charge < -0.3 is 10.5 Å². The predicted molar refractivity (Wildman–Crippen MR) is 70.7 cm³/mol. The fourth-order valence-electron chi connectivity index (χ4n) is 2.91. The van der Waals surface area contributed by atoms with E-state index in [0.29, 0.717) is 26.2 Å². The van der Waals surface area contributed by atoms with Crippen LogP contribution in [0, 0.1) is 5.92 Å². The molecule has 6 heteroatoms. The van der Waals surface area contributed by atoms with Crippen LogP contribution in [0.4, 0.5) is 0 Å². The SMILES string of the molecule is NCC1CCCCC1NS(=O)(=O)C1CCCOC1. The predicted octanol–water partition coefficient (Wildman–Crippen LogP) is 0.602. The van der Waals surface area contributed by atoms with Gasteiger partial charge in [-0.15, -0.1) is 0 Å². The molecule has 0 aromatic rings. The molecule has 0 radical (unpaired) electrons. The molecule has 1 saturated heterocycles. The van der Waals surface area contributed by atoms with E-state index in [9.17, 15) is 8.42 Å². The molecule has 1 aliphatic carbocycles. The smallest absolute Gasteiger partial charge is 0.217 e. The van der Waals surface area contributed by atoms with Crippen LogP contribution in [0.5, 0.6) is 0 Å². The van der Waals surface area contributed by atoms with Crippen LogP contribution in [-0.4, -0.2) is 39.5 Å². The summed E-state index contributed by atoms with van der Waals surface area (Å²) in [4.78, 5) is 0. The van der Waals surface area contributed by atoms with Crippen molar-refractivity contribution in [2.45, 2.75) is 49.8 Å². The van der Waals surface area contributed by atoms with Gasteiger partial charge in [-0.1, -0.05) is 12.8 Å². The van der Waals surface area contributed by atoms with E-state index in [4.69, 9.17) is 10.5 Å². The lowest BCUT2D eigenvalue weighted by molar-refractivity contribution is 0.0985. The van der Waals surface area contributed by atoms with Gasteiger partial charge in [0, 0.05) is 12.6 Å². The summed E-state index contributed by atoms with van der Waals surface area (Å²) in [5.41, 5.74) is 5.73. The highest BCUT2D eigenvalue weighted by Crippen LogP contribution is 2.25. The molecule has 0 spiro atoms. The van der Waals surface area contributed by atoms with Crippen molar-refractivity contribution in [2.24, 2.45) is 11.7 Å². The van der Waals surface area contributed by atoms with E-state index in [-0.39, 0.29) is 17.2 Å². The van der Waals surface area contributed by atoms with E-state index in [0.717, 1.165) is 32.1 Å². The van der Waals surface area contributed by atoms with Gasteiger partial charge in [-0.2, -0.15) is 0 Å². The van der Waals surface area contributed by atoms with Crippen molar-refractivity contribution in [1.82, 2.24) is 4.72 Å². The molecule has 1 saturated carbocycles. The lowest BCUT2D eigenvalue weighted by Gasteiger charge is -2.33. The fourth-order valence-corrected chi connectivity index (χ4v) is 4.59. The minimum absolute atomic E-state index is 0.0238. The average Bonchev–Trinajstić information content (AvgIpc) is 2.40. The average molecular weight is 276 g/mol. The highest BCUT2D eigenvalue weighted by molar-refractivity contribution is 7.90. The summed E-state index contributed by atoms with van der Waals surface area (Å²) < 4.78 is 32.7. The molecule has 2 aliphatic rings. The standard InChI is InChI=1S/C12H24N2O3S/c13-8-10-4-1-2-6-12(10)14-18(15,16)11-5-3-7-17-9-11/h10-12,14H,1-9,13H2. The van der Waals surface area contributed by atoms with E-state index >= 15 is 0 Å². The molecule has 0 amide bonds. The molecule has 3 N–H and O–H groups in total. The molecule has 2 rings (SSSR count). The number of hydrogen-bond donors (Lipinski definition) is 2. The van der Waals surface area contributed by atoms with Gasteiger partial charge in [-0.25, -0.2) is 13.1 Å². The van der Waals surface area contributed by atoms with Gasteiger partial charge in [0.2, 0.25) is 10.0 Å². The molecular formula is C12H24N2O3S. The quantitative estimate of drug-likeness (QED) is 0.788. The van der Waals surface area contributed by atoms with Crippen LogP contribution in [0.25, 0.3) is 0 Å². The highest BCUT2D eigenvalue weighted by atomic mass is 32.2. The van der Waals surface area contributed by atoms with E-state index in [1.807, 2.05) is 0 Å². The number of nitrogens with one attached hydrogen (secondary N) is 1. The van der Waals surface area contributed by atoms with Crippen molar-refractivity contribution in [3.05, 3.63) is 0 Å². The molecule has 0 bridgehead atoms. The Labute approximate surface area is 110 Å². The van der Waals surface area contributed by atoms with Crippen molar-refractivity contribution in [1.29, 1.82) is 0 Å². The Bertz CT molecular complexity index is 352. The van der Waals surface area contributed by atoms with Gasteiger partial charge in [-0.3, -0.25) is 0 Å². The van der Waals surface area contributed by atoms with Crippen molar-refractivity contribution in [3.63, 3.8) is 0 Å². The molecule has 3 atom stereocenters. The molecule has 3 unspecified atom stereocenters. The van der Waals surface area contributed by atoms with Gasteiger partial charge in [0.1, 0.15) is 0 Å². The maximum atomic E-state index is 12.3. The molecular weight excluding hydrogens is 252 g/mol. The summed E-state index contributed by atoms with van der Waals surface area (Å²) in [7, 11) is -3.26. The van der Waals surface area contributed by atoms with Crippen molar-refractivity contribution < 1.29 is 13.2 Å². The first kappa shape index (κ1) is 14.2. The van der Waals surface area contributed by atoms with Crippen LogP contribution in [0.3, 0.4) is 0 Å². The number of sulfonamides is 1. The zero-order valence-electron chi connectivity index (χ0n) is 10.8. The van der Waals surface area contributed by atoms with E-state index in [2.05, 4.69) is 4.72 Å². The van der Waals surface area contributed by atoms with Crippen LogP contribution in [-0.2, 0) is 14.8 Å². The normalized spacial score (nSPS) is 34.4. The third-order valence-electron chi connectivity index (χ3n) is 4.08. The first-order chi connectivity index (χ1) is 8.63. The van der Waals surface area contributed by atoms with Crippen LogP contribution in [0.1, 0.15) is 38.5 Å². The number of hydrogen-bond acceptors (Lipinski definition) is 4. The second-order valence-corrected chi connectivity index (χ2v) is 7.38. The minimum atomic E-state index is -3.26. The molecule has 0 aromatic heterocycles. The van der Waals surface area contributed by atoms with Crippen LogP contribution >= 0.6 is 0 Å². The highest BCUT2D eigenvalue weighted by Gasteiger charge is 2.33. The summed E-state index contributed by atoms with van der Waals surface area (Å²) in [6.07, 6.45) is 5.73. The fraction of sp³-hybridized carbons (Fsp3) is 1.00. The maximum absolute atomic E-state index is 12.3. The Morgan fingerprint density at radius 1 is 1.17 bits per heavy atom. The first-order valence-electron chi connectivity index (χ1n) is 6.92. The molecule has 5 nitrogen and oxygen atoms in total. The molecule has 0 aromatic carbocycles. The Hall–Kier alpha value is -0.170. The van der Waals surface area contributed by atoms with Crippen LogP contribution in [0.2, 0.25) is 0 Å². The summed E-state index contributed by atoms with van der Waals surface area (Å²) in [6.45, 7) is 1.57. The van der Waals surface area contributed by atoms with Gasteiger partial charge in [-0.05, 0) is 38.1 Å². The lowest BCUT2D eigenvalue weighted by atomic mass is 9.85. The molecule has 1 aliphatic heterocycles. The number of nitrogens with two attached hydrogens (primary N) is 1. The van der Waals surface area contributed by atoms with E-state index in [1.54, 1.807) is 0 Å². The third-order valence-corrected chi connectivity index (χ3v) is 5.97. The Kier molecular flexibility index (Phi) is 5.00. The van der Waals surface area contributed by atoms with Crippen LogP contribution < -0.4 is 10.5 Å². The second-order valence-electron chi connectivity index (χ2n) is 5.39. The van der Waals surface area contributed by atoms with Crippen molar-refractivity contribution >= 4 is 10.0 Å². The van der Waals surface area contributed by atoms with Gasteiger partial charge in [0.25, 0.3) is 0 Å². The van der Waals surface area contributed by atoms with E-state index in [1.165, 1.54) is 0 Å². The summed E-state index contributed by atoms with van der Waals surface area (Å²) in [6, 6.07) is 0.0238. The molecule has 18 heavy (non-hydrogen) atoms. The zero-order chi connectivity index (χ0) is 13.0. The largest absolute Gasteiger partial charge is 0.380 e. The minimum Gasteiger partial charge on any atom is -0.380 e. The zero-order valence-corrected chi connectivity index (χ0v) is 11.6. The second kappa shape index (κ2) is 6.32. The lowest BCUT2D eigenvalue weighted by Crippen LogP contribution is -2.49. The van der Waals surface area contributed by atoms with Crippen LogP contribution in [0.15, 0.2) is 0 Å². The van der Waals surface area contributed by atoms with Gasteiger partial charge in [0.15, 0.2) is 0 Å². The monoisotopic (exact) mass is 276 g/mol. The molecule has 2 fully saturated rings. The van der Waals surface area contributed by atoms with Gasteiger partial charge in [0.05, 0.1) is 11.9 Å². The first-order valence-corrected chi connectivity index (χ1v) is 8.47. The topological polar surface area (TPSA) is 81.4 Å². The number of rotatable bonds is 4. The van der Waals surface area contributed by atoms with Crippen molar-refractivity contribution in [3.8, 4) is 0 Å². The summed E-state index contributed by atoms with van der Waals surface area (Å²) >= 11 is 0.